The maximum absolute atomic E-state index is 5.47. The molecule has 0 saturated heterocycles. The van der Waals surface area contributed by atoms with Crippen LogP contribution < -0.4 is 5.32 Å². The van der Waals surface area contributed by atoms with Crippen LogP contribution in [0.25, 0.3) is 0 Å². The smallest absolute Gasteiger partial charge is 0.0574 e. The summed E-state index contributed by atoms with van der Waals surface area (Å²) in [4.78, 5) is 0. The van der Waals surface area contributed by atoms with Crippen LogP contribution in [0.15, 0.2) is 0 Å². The minimum Gasteiger partial charge on any atom is -0.381 e. The molecule has 0 radical (unpaired) electrons. The quantitative estimate of drug-likeness (QED) is 0.735. The minimum absolute atomic E-state index is 0.515. The summed E-state index contributed by atoms with van der Waals surface area (Å²) >= 11 is 0. The van der Waals surface area contributed by atoms with Gasteiger partial charge in [0.25, 0.3) is 0 Å². The van der Waals surface area contributed by atoms with Gasteiger partial charge in [-0.05, 0) is 38.1 Å². The van der Waals surface area contributed by atoms with Gasteiger partial charge in [0.1, 0.15) is 0 Å². The number of methoxy groups -OCH3 is 1. The van der Waals surface area contributed by atoms with E-state index < -0.39 is 0 Å². The molecule has 84 valence electrons. The highest BCUT2D eigenvalue weighted by atomic mass is 16.5. The highest BCUT2D eigenvalue weighted by Gasteiger charge is 2.26. The Kier molecular flexibility index (Phi) is 5.49. The van der Waals surface area contributed by atoms with Gasteiger partial charge in [0, 0.05) is 13.2 Å². The molecular formula is C12H25NO. The normalized spacial score (nSPS) is 30.2. The SMILES string of the molecule is CCNC(CC)C1CCCC(OC)C1. The molecule has 1 aliphatic rings. The van der Waals surface area contributed by atoms with E-state index in [1.165, 1.54) is 32.1 Å². The number of ether oxygens (including phenoxy) is 1. The highest BCUT2D eigenvalue weighted by molar-refractivity contribution is 4.81. The van der Waals surface area contributed by atoms with Gasteiger partial charge in [0.15, 0.2) is 0 Å². The van der Waals surface area contributed by atoms with Crippen molar-refractivity contribution in [1.82, 2.24) is 5.32 Å². The van der Waals surface area contributed by atoms with E-state index in [1.54, 1.807) is 0 Å². The van der Waals surface area contributed by atoms with E-state index in [1.807, 2.05) is 7.11 Å². The van der Waals surface area contributed by atoms with Crippen LogP contribution in [-0.2, 0) is 4.74 Å². The molecule has 1 saturated carbocycles. The van der Waals surface area contributed by atoms with Crippen LogP contribution in [0.5, 0.6) is 0 Å². The third-order valence-electron chi connectivity index (χ3n) is 3.48. The molecule has 3 unspecified atom stereocenters. The van der Waals surface area contributed by atoms with Crippen LogP contribution in [0.1, 0.15) is 46.0 Å². The standard InChI is InChI=1S/C12H25NO/c1-4-12(13-5-2)10-7-6-8-11(9-10)14-3/h10-13H,4-9H2,1-3H3. The van der Waals surface area contributed by atoms with Crippen molar-refractivity contribution in [3.63, 3.8) is 0 Å². The van der Waals surface area contributed by atoms with E-state index in [0.717, 1.165) is 12.5 Å². The maximum atomic E-state index is 5.47. The molecule has 3 atom stereocenters. The lowest BCUT2D eigenvalue weighted by atomic mass is 9.81. The first kappa shape index (κ1) is 12.0. The van der Waals surface area contributed by atoms with Gasteiger partial charge in [-0.1, -0.05) is 20.3 Å². The van der Waals surface area contributed by atoms with E-state index >= 15 is 0 Å². The van der Waals surface area contributed by atoms with Crippen molar-refractivity contribution in [3.8, 4) is 0 Å². The zero-order valence-corrected chi connectivity index (χ0v) is 9.88. The van der Waals surface area contributed by atoms with Crippen LogP contribution in [-0.4, -0.2) is 25.8 Å². The summed E-state index contributed by atoms with van der Waals surface area (Å²) in [5, 5.41) is 3.59. The third-order valence-corrected chi connectivity index (χ3v) is 3.48. The summed E-state index contributed by atoms with van der Waals surface area (Å²) in [7, 11) is 1.85. The average Bonchev–Trinajstić information content (AvgIpc) is 2.26. The number of nitrogens with one attached hydrogen (secondary N) is 1. The number of hydrogen-bond donors (Lipinski definition) is 1. The fourth-order valence-corrected chi connectivity index (χ4v) is 2.67. The van der Waals surface area contributed by atoms with E-state index in [2.05, 4.69) is 19.2 Å². The largest absolute Gasteiger partial charge is 0.381 e. The third kappa shape index (κ3) is 3.25. The monoisotopic (exact) mass is 199 g/mol. The molecule has 0 heterocycles. The van der Waals surface area contributed by atoms with Crippen LogP contribution in [0.2, 0.25) is 0 Å². The van der Waals surface area contributed by atoms with Gasteiger partial charge in [0.2, 0.25) is 0 Å². The molecule has 0 aliphatic heterocycles. The lowest BCUT2D eigenvalue weighted by molar-refractivity contribution is 0.0418. The summed E-state index contributed by atoms with van der Waals surface area (Å²) in [5.41, 5.74) is 0. The van der Waals surface area contributed by atoms with Gasteiger partial charge in [-0.25, -0.2) is 0 Å². The van der Waals surface area contributed by atoms with Gasteiger partial charge in [-0.15, -0.1) is 0 Å². The molecule has 1 fully saturated rings. The Hall–Kier alpha value is -0.0800. The second kappa shape index (κ2) is 6.41. The first-order valence-corrected chi connectivity index (χ1v) is 6.07. The van der Waals surface area contributed by atoms with Crippen LogP contribution >= 0.6 is 0 Å². The maximum Gasteiger partial charge on any atom is 0.0574 e. The Balaban J connectivity index is 2.40. The Labute approximate surface area is 88.4 Å². The van der Waals surface area contributed by atoms with Gasteiger partial charge >= 0.3 is 0 Å². The van der Waals surface area contributed by atoms with Crippen molar-refractivity contribution < 1.29 is 4.74 Å². The average molecular weight is 199 g/mol. The Bertz CT molecular complexity index is 149. The predicted octanol–water partition coefficient (Wildman–Crippen LogP) is 2.58. The van der Waals surface area contributed by atoms with E-state index in [9.17, 15) is 0 Å². The van der Waals surface area contributed by atoms with Crippen LogP contribution in [0.4, 0.5) is 0 Å². The highest BCUT2D eigenvalue weighted by Crippen LogP contribution is 2.29. The second-order valence-corrected chi connectivity index (χ2v) is 4.36. The topological polar surface area (TPSA) is 21.3 Å². The fourth-order valence-electron chi connectivity index (χ4n) is 2.67. The molecule has 14 heavy (non-hydrogen) atoms. The molecule has 1 N–H and O–H groups in total. The molecule has 0 aromatic rings. The van der Waals surface area contributed by atoms with Crippen molar-refractivity contribution in [3.05, 3.63) is 0 Å². The molecule has 0 aromatic heterocycles. The molecule has 1 rings (SSSR count). The van der Waals surface area contributed by atoms with Gasteiger partial charge in [0.05, 0.1) is 6.10 Å². The van der Waals surface area contributed by atoms with E-state index in [4.69, 9.17) is 4.74 Å². The molecule has 1 aliphatic carbocycles. The summed E-state index contributed by atoms with van der Waals surface area (Å²) in [6, 6.07) is 0.706. The molecule has 0 bridgehead atoms. The summed E-state index contributed by atoms with van der Waals surface area (Å²) in [6.07, 6.45) is 6.99. The Morgan fingerprint density at radius 1 is 1.36 bits per heavy atom. The lowest BCUT2D eigenvalue weighted by Gasteiger charge is -2.34. The van der Waals surface area contributed by atoms with Crippen molar-refractivity contribution in [1.29, 1.82) is 0 Å². The molecular weight excluding hydrogens is 174 g/mol. The van der Waals surface area contributed by atoms with Gasteiger partial charge < -0.3 is 10.1 Å². The van der Waals surface area contributed by atoms with Gasteiger partial charge in [-0.2, -0.15) is 0 Å². The first-order valence-electron chi connectivity index (χ1n) is 6.07. The lowest BCUT2D eigenvalue weighted by Crippen LogP contribution is -2.39. The first-order chi connectivity index (χ1) is 6.81. The number of rotatable bonds is 5. The van der Waals surface area contributed by atoms with Crippen molar-refractivity contribution in [2.75, 3.05) is 13.7 Å². The van der Waals surface area contributed by atoms with Gasteiger partial charge in [-0.3, -0.25) is 0 Å². The summed E-state index contributed by atoms with van der Waals surface area (Å²) < 4.78 is 5.47. The summed E-state index contributed by atoms with van der Waals surface area (Å²) in [5.74, 6) is 0.832. The van der Waals surface area contributed by atoms with E-state index in [0.29, 0.717) is 12.1 Å². The molecule has 2 nitrogen and oxygen atoms in total. The molecule has 2 heteroatoms. The minimum atomic E-state index is 0.515. The van der Waals surface area contributed by atoms with Crippen molar-refractivity contribution in [2.24, 2.45) is 5.92 Å². The molecule has 0 amide bonds. The van der Waals surface area contributed by atoms with Crippen molar-refractivity contribution >= 4 is 0 Å². The Morgan fingerprint density at radius 3 is 2.71 bits per heavy atom. The van der Waals surface area contributed by atoms with Crippen LogP contribution in [0.3, 0.4) is 0 Å². The van der Waals surface area contributed by atoms with Crippen LogP contribution in [0, 0.1) is 5.92 Å². The molecule has 0 spiro atoms. The van der Waals surface area contributed by atoms with Crippen molar-refractivity contribution in [2.45, 2.75) is 58.1 Å². The fraction of sp³-hybridized carbons (Fsp3) is 1.00. The van der Waals surface area contributed by atoms with E-state index in [-0.39, 0.29) is 0 Å². The Morgan fingerprint density at radius 2 is 2.14 bits per heavy atom. The zero-order chi connectivity index (χ0) is 10.4. The zero-order valence-electron chi connectivity index (χ0n) is 9.88. The summed E-state index contributed by atoms with van der Waals surface area (Å²) in [6.45, 7) is 5.57. The predicted molar refractivity (Wildman–Crippen MR) is 60.5 cm³/mol. The second-order valence-electron chi connectivity index (χ2n) is 4.36. The number of hydrogen-bond acceptors (Lipinski definition) is 2. The molecule has 0 aromatic carbocycles.